The van der Waals surface area contributed by atoms with E-state index in [4.69, 9.17) is 0 Å². The third-order valence-electron chi connectivity index (χ3n) is 2.86. The van der Waals surface area contributed by atoms with Crippen LogP contribution in [-0.2, 0) is 14.3 Å². The van der Waals surface area contributed by atoms with Gasteiger partial charge >= 0.3 is 5.97 Å². The van der Waals surface area contributed by atoms with Crippen LogP contribution >= 0.6 is 15.9 Å². The Kier molecular flexibility index (Phi) is 7.59. The average molecular weight is 371 g/mol. The Labute approximate surface area is 137 Å². The summed E-state index contributed by atoms with van der Waals surface area (Å²) in [4.78, 5) is 34.5. The number of hydrogen-bond donors (Lipinski definition) is 2. The van der Waals surface area contributed by atoms with Gasteiger partial charge in [0, 0.05) is 18.7 Å². The molecule has 22 heavy (non-hydrogen) atoms. The molecule has 0 spiro atoms. The normalized spacial score (nSPS) is 11.4. The fraction of sp³-hybridized carbons (Fsp3) is 0.400. The summed E-state index contributed by atoms with van der Waals surface area (Å²) in [7, 11) is 1.30. The maximum atomic E-state index is 11.8. The van der Waals surface area contributed by atoms with Gasteiger partial charge in [0.05, 0.1) is 17.5 Å². The van der Waals surface area contributed by atoms with Gasteiger partial charge in [0.2, 0.25) is 11.8 Å². The van der Waals surface area contributed by atoms with Crippen molar-refractivity contribution in [2.45, 2.75) is 24.6 Å². The van der Waals surface area contributed by atoms with Gasteiger partial charge in [0.1, 0.15) is 0 Å². The quantitative estimate of drug-likeness (QED) is 0.568. The van der Waals surface area contributed by atoms with Crippen LogP contribution in [0.2, 0.25) is 0 Å². The Morgan fingerprint density at radius 1 is 1.32 bits per heavy atom. The highest BCUT2D eigenvalue weighted by atomic mass is 79.9. The van der Waals surface area contributed by atoms with Gasteiger partial charge in [0.25, 0.3) is 0 Å². The Hall–Kier alpha value is -1.89. The highest BCUT2D eigenvalue weighted by molar-refractivity contribution is 9.10. The third kappa shape index (κ3) is 5.85. The van der Waals surface area contributed by atoms with Crippen molar-refractivity contribution in [1.82, 2.24) is 5.32 Å². The largest absolute Gasteiger partial charge is 0.465 e. The van der Waals surface area contributed by atoms with Crippen molar-refractivity contribution < 1.29 is 19.1 Å². The Balaban J connectivity index is 2.45. The summed E-state index contributed by atoms with van der Waals surface area (Å²) in [6.07, 6.45) is 0.829. The fourth-order valence-corrected chi connectivity index (χ4v) is 1.82. The highest BCUT2D eigenvalue weighted by Gasteiger charge is 2.12. The molecule has 0 bridgehead atoms. The number of methoxy groups -OCH3 is 1. The number of halogens is 1. The highest BCUT2D eigenvalue weighted by Crippen LogP contribution is 2.11. The number of nitrogens with one attached hydrogen (secondary N) is 2. The monoisotopic (exact) mass is 370 g/mol. The molecule has 6 nitrogen and oxygen atoms in total. The van der Waals surface area contributed by atoms with Crippen molar-refractivity contribution in [3.05, 3.63) is 29.8 Å². The van der Waals surface area contributed by atoms with Gasteiger partial charge in [-0.2, -0.15) is 0 Å². The molecule has 120 valence electrons. The number of carbonyl (C=O) groups excluding carboxylic acids is 3. The first kappa shape index (κ1) is 18.2. The van der Waals surface area contributed by atoms with Crippen molar-refractivity contribution >= 4 is 39.4 Å². The summed E-state index contributed by atoms with van der Waals surface area (Å²) in [5, 5.41) is 5.34. The lowest BCUT2D eigenvalue weighted by Gasteiger charge is -2.09. The molecule has 0 aliphatic rings. The lowest BCUT2D eigenvalue weighted by Crippen LogP contribution is -2.33. The summed E-state index contributed by atoms with van der Waals surface area (Å²) in [6, 6.07) is 6.46. The number of hydrogen-bond acceptors (Lipinski definition) is 4. The lowest BCUT2D eigenvalue weighted by atomic mass is 10.2. The van der Waals surface area contributed by atoms with Crippen LogP contribution in [-0.4, -0.2) is 36.3 Å². The van der Waals surface area contributed by atoms with E-state index in [-0.39, 0.29) is 29.6 Å². The zero-order chi connectivity index (χ0) is 16.5. The molecular weight excluding hydrogens is 352 g/mol. The first-order valence-corrected chi connectivity index (χ1v) is 7.79. The van der Waals surface area contributed by atoms with E-state index in [1.165, 1.54) is 13.2 Å². The molecule has 0 aliphatic heterocycles. The molecule has 1 aromatic carbocycles. The molecule has 0 saturated heterocycles. The molecule has 0 unspecified atom stereocenters. The minimum atomic E-state index is -0.466. The van der Waals surface area contributed by atoms with Crippen LogP contribution in [0.3, 0.4) is 0 Å². The number of alkyl halides is 1. The summed E-state index contributed by atoms with van der Waals surface area (Å²) in [6.45, 7) is 2.14. The van der Waals surface area contributed by atoms with Crippen LogP contribution in [0.25, 0.3) is 0 Å². The van der Waals surface area contributed by atoms with Crippen LogP contribution in [0.15, 0.2) is 24.3 Å². The number of rotatable bonds is 7. The van der Waals surface area contributed by atoms with Crippen LogP contribution in [0.1, 0.15) is 30.1 Å². The number of carbonyl (C=O) groups is 3. The maximum absolute atomic E-state index is 11.8. The topological polar surface area (TPSA) is 84.5 Å². The summed E-state index contributed by atoms with van der Waals surface area (Å²) in [5.74, 6) is -0.848. The second-order valence-electron chi connectivity index (χ2n) is 4.54. The predicted molar refractivity (Wildman–Crippen MR) is 87.0 cm³/mol. The minimum absolute atomic E-state index is 0.136. The molecule has 0 saturated carbocycles. The smallest absolute Gasteiger partial charge is 0.337 e. The molecule has 1 aromatic rings. The number of esters is 1. The van der Waals surface area contributed by atoms with E-state index in [1.807, 2.05) is 6.92 Å². The molecule has 0 aliphatic carbocycles. The van der Waals surface area contributed by atoms with Gasteiger partial charge in [-0.3, -0.25) is 9.59 Å². The summed E-state index contributed by atoms with van der Waals surface area (Å²) < 4.78 is 4.62. The van der Waals surface area contributed by atoms with E-state index < -0.39 is 5.97 Å². The van der Waals surface area contributed by atoms with E-state index in [2.05, 4.69) is 31.3 Å². The molecule has 7 heteroatoms. The van der Waals surface area contributed by atoms with Crippen LogP contribution in [0.4, 0.5) is 5.69 Å². The maximum Gasteiger partial charge on any atom is 0.337 e. The Bertz CT molecular complexity index is 548. The number of ether oxygens (including phenoxy) is 1. The second-order valence-corrected chi connectivity index (χ2v) is 5.64. The van der Waals surface area contributed by atoms with E-state index >= 15 is 0 Å². The summed E-state index contributed by atoms with van der Waals surface area (Å²) in [5.41, 5.74) is 0.866. The average Bonchev–Trinajstić information content (AvgIpc) is 2.53. The lowest BCUT2D eigenvalue weighted by molar-refractivity contribution is -0.120. The van der Waals surface area contributed by atoms with Crippen LogP contribution in [0.5, 0.6) is 0 Å². The van der Waals surface area contributed by atoms with E-state index in [0.717, 1.165) is 0 Å². The molecule has 0 aromatic heterocycles. The van der Waals surface area contributed by atoms with Crippen molar-refractivity contribution in [3.63, 3.8) is 0 Å². The minimum Gasteiger partial charge on any atom is -0.465 e. The van der Waals surface area contributed by atoms with Gasteiger partial charge in [-0.1, -0.05) is 28.9 Å². The van der Waals surface area contributed by atoms with E-state index in [9.17, 15) is 14.4 Å². The predicted octanol–water partition coefficient (Wildman–Crippen LogP) is 2.09. The first-order valence-electron chi connectivity index (χ1n) is 6.88. The van der Waals surface area contributed by atoms with E-state index in [0.29, 0.717) is 17.7 Å². The van der Waals surface area contributed by atoms with Crippen molar-refractivity contribution in [2.24, 2.45) is 0 Å². The molecule has 2 N–H and O–H groups in total. The molecule has 0 fully saturated rings. The van der Waals surface area contributed by atoms with Gasteiger partial charge in [0.15, 0.2) is 0 Å². The van der Waals surface area contributed by atoms with Crippen molar-refractivity contribution in [3.8, 4) is 0 Å². The third-order valence-corrected chi connectivity index (χ3v) is 3.92. The van der Waals surface area contributed by atoms with Gasteiger partial charge < -0.3 is 15.4 Å². The van der Waals surface area contributed by atoms with Gasteiger partial charge in [-0.25, -0.2) is 4.79 Å². The van der Waals surface area contributed by atoms with Crippen LogP contribution in [0, 0.1) is 0 Å². The second kappa shape index (κ2) is 9.19. The van der Waals surface area contributed by atoms with Gasteiger partial charge in [-0.05, 0) is 24.6 Å². The first-order chi connectivity index (χ1) is 10.5. The Morgan fingerprint density at radius 2 is 2.05 bits per heavy atom. The molecule has 2 amide bonds. The number of benzene rings is 1. The summed E-state index contributed by atoms with van der Waals surface area (Å²) >= 11 is 3.24. The SMILES string of the molecule is CC[C@@H](Br)C(=O)NCCC(=O)Nc1cccc(C(=O)OC)c1. The van der Waals surface area contributed by atoms with E-state index in [1.54, 1.807) is 18.2 Å². The molecule has 1 atom stereocenters. The molecule has 1 rings (SSSR count). The molecule has 0 radical (unpaired) electrons. The van der Waals surface area contributed by atoms with Gasteiger partial charge in [-0.15, -0.1) is 0 Å². The fourth-order valence-electron chi connectivity index (χ4n) is 1.66. The Morgan fingerprint density at radius 3 is 2.68 bits per heavy atom. The van der Waals surface area contributed by atoms with Crippen molar-refractivity contribution in [2.75, 3.05) is 19.0 Å². The number of anilines is 1. The zero-order valence-corrected chi connectivity index (χ0v) is 14.1. The molecular formula is C15H19BrN2O4. The van der Waals surface area contributed by atoms with Crippen LogP contribution < -0.4 is 10.6 Å². The zero-order valence-electron chi connectivity index (χ0n) is 12.5. The molecule has 0 heterocycles. The number of amides is 2. The standard InChI is InChI=1S/C15H19BrN2O4/c1-3-12(16)14(20)17-8-7-13(19)18-11-6-4-5-10(9-11)15(21)22-2/h4-6,9,12H,3,7-8H2,1-2H3,(H,17,20)(H,18,19)/t12-/m1/s1. The van der Waals surface area contributed by atoms with Crippen molar-refractivity contribution in [1.29, 1.82) is 0 Å².